The average Bonchev–Trinajstić information content (AvgIpc) is 3.28. The Morgan fingerprint density at radius 3 is 2.40 bits per heavy atom. The second-order valence-electron chi connectivity index (χ2n) is 4.83. The largest absolute Gasteiger partial charge is 0.354 e. The van der Waals surface area contributed by atoms with Crippen LogP contribution in [0.4, 0.5) is 21.6 Å². The number of hydrogen-bond donors (Lipinski definition) is 2. The molecule has 0 atom stereocenters. The second-order valence-corrected chi connectivity index (χ2v) is 4.83. The van der Waals surface area contributed by atoms with Crippen LogP contribution in [0.1, 0.15) is 12.8 Å². The molecule has 1 heterocycles. The van der Waals surface area contributed by atoms with Gasteiger partial charge < -0.3 is 10.6 Å². The van der Waals surface area contributed by atoms with Gasteiger partial charge in [-0.25, -0.2) is 9.37 Å². The van der Waals surface area contributed by atoms with Gasteiger partial charge >= 0.3 is 0 Å². The van der Waals surface area contributed by atoms with Gasteiger partial charge in [0.2, 0.25) is 5.91 Å². The number of halogens is 1. The Bertz CT molecular complexity index is 606. The maximum atomic E-state index is 12.8. The van der Waals surface area contributed by atoms with E-state index in [-0.39, 0.29) is 17.6 Å². The van der Waals surface area contributed by atoms with Gasteiger partial charge in [-0.1, -0.05) is 0 Å². The van der Waals surface area contributed by atoms with Crippen molar-refractivity contribution in [3.05, 3.63) is 48.4 Å². The second kappa shape index (κ2) is 5.28. The Balaban J connectivity index is 1.63. The first-order chi connectivity index (χ1) is 9.70. The van der Waals surface area contributed by atoms with Crippen molar-refractivity contribution >= 4 is 23.1 Å². The minimum Gasteiger partial charge on any atom is -0.354 e. The van der Waals surface area contributed by atoms with Crippen LogP contribution in [0.2, 0.25) is 0 Å². The maximum Gasteiger partial charge on any atom is 0.228 e. The SMILES string of the molecule is O=C(Nc1ccc(Nc2ccc(F)cc2)cn1)C1CC1. The number of rotatable bonds is 4. The molecule has 20 heavy (non-hydrogen) atoms. The highest BCUT2D eigenvalue weighted by molar-refractivity contribution is 5.93. The van der Waals surface area contributed by atoms with Crippen molar-refractivity contribution in [1.82, 2.24) is 4.98 Å². The van der Waals surface area contributed by atoms with E-state index in [0.717, 1.165) is 24.2 Å². The summed E-state index contributed by atoms with van der Waals surface area (Å²) in [6.45, 7) is 0. The summed E-state index contributed by atoms with van der Waals surface area (Å²) in [4.78, 5) is 15.8. The Labute approximate surface area is 116 Å². The Kier molecular flexibility index (Phi) is 3.33. The summed E-state index contributed by atoms with van der Waals surface area (Å²) in [6.07, 6.45) is 3.57. The molecule has 1 aliphatic rings. The lowest BCUT2D eigenvalue weighted by Crippen LogP contribution is -2.14. The van der Waals surface area contributed by atoms with Crippen LogP contribution in [0.15, 0.2) is 42.6 Å². The van der Waals surface area contributed by atoms with E-state index in [1.165, 1.54) is 12.1 Å². The number of carbonyl (C=O) groups excluding carboxylic acids is 1. The maximum absolute atomic E-state index is 12.8. The quantitative estimate of drug-likeness (QED) is 0.897. The van der Waals surface area contributed by atoms with Gasteiger partial charge in [0.25, 0.3) is 0 Å². The highest BCUT2D eigenvalue weighted by atomic mass is 19.1. The molecular weight excluding hydrogens is 257 g/mol. The molecule has 1 aliphatic carbocycles. The van der Waals surface area contributed by atoms with Gasteiger partial charge in [0.05, 0.1) is 11.9 Å². The molecule has 0 saturated heterocycles. The van der Waals surface area contributed by atoms with Crippen molar-refractivity contribution < 1.29 is 9.18 Å². The molecule has 5 heteroatoms. The van der Waals surface area contributed by atoms with Crippen molar-refractivity contribution in [1.29, 1.82) is 0 Å². The van der Waals surface area contributed by atoms with E-state index in [1.807, 2.05) is 6.07 Å². The smallest absolute Gasteiger partial charge is 0.228 e. The van der Waals surface area contributed by atoms with Crippen LogP contribution < -0.4 is 10.6 Å². The molecule has 2 aromatic rings. The van der Waals surface area contributed by atoms with E-state index in [9.17, 15) is 9.18 Å². The summed E-state index contributed by atoms with van der Waals surface area (Å²) in [5.41, 5.74) is 1.56. The molecule has 0 unspecified atom stereocenters. The van der Waals surface area contributed by atoms with Crippen LogP contribution >= 0.6 is 0 Å². The van der Waals surface area contributed by atoms with Crippen LogP contribution in [0.3, 0.4) is 0 Å². The molecule has 0 spiro atoms. The molecule has 3 rings (SSSR count). The number of nitrogens with one attached hydrogen (secondary N) is 2. The number of nitrogens with zero attached hydrogens (tertiary/aromatic N) is 1. The number of pyridine rings is 1. The first-order valence-electron chi connectivity index (χ1n) is 6.50. The zero-order valence-electron chi connectivity index (χ0n) is 10.8. The van der Waals surface area contributed by atoms with Crippen LogP contribution in [0.25, 0.3) is 0 Å². The van der Waals surface area contributed by atoms with E-state index < -0.39 is 0 Å². The predicted molar refractivity (Wildman–Crippen MR) is 75.3 cm³/mol. The number of anilines is 3. The normalized spacial score (nSPS) is 13.8. The van der Waals surface area contributed by atoms with Crippen molar-refractivity contribution in [2.24, 2.45) is 5.92 Å². The summed E-state index contributed by atoms with van der Waals surface area (Å²) in [5, 5.41) is 5.88. The summed E-state index contributed by atoms with van der Waals surface area (Å²) in [6, 6.07) is 9.64. The van der Waals surface area contributed by atoms with Gasteiger partial charge in [-0.05, 0) is 49.2 Å². The molecule has 0 aliphatic heterocycles. The zero-order chi connectivity index (χ0) is 13.9. The summed E-state index contributed by atoms with van der Waals surface area (Å²) >= 11 is 0. The van der Waals surface area contributed by atoms with Gasteiger partial charge in [-0.2, -0.15) is 0 Å². The zero-order valence-corrected chi connectivity index (χ0v) is 10.8. The van der Waals surface area contributed by atoms with Crippen molar-refractivity contribution in [3.8, 4) is 0 Å². The van der Waals surface area contributed by atoms with E-state index in [1.54, 1.807) is 24.4 Å². The van der Waals surface area contributed by atoms with Crippen LogP contribution in [0, 0.1) is 11.7 Å². The van der Waals surface area contributed by atoms with Crippen molar-refractivity contribution in [2.75, 3.05) is 10.6 Å². The fourth-order valence-corrected chi connectivity index (χ4v) is 1.82. The summed E-state index contributed by atoms with van der Waals surface area (Å²) in [5.74, 6) is 0.476. The molecule has 0 radical (unpaired) electrons. The predicted octanol–water partition coefficient (Wildman–Crippen LogP) is 3.31. The van der Waals surface area contributed by atoms with Gasteiger partial charge in [0, 0.05) is 11.6 Å². The monoisotopic (exact) mass is 271 g/mol. The highest BCUT2D eigenvalue weighted by Crippen LogP contribution is 2.30. The lowest BCUT2D eigenvalue weighted by molar-refractivity contribution is -0.117. The third-order valence-electron chi connectivity index (χ3n) is 3.10. The van der Waals surface area contributed by atoms with E-state index in [2.05, 4.69) is 15.6 Å². The minimum atomic E-state index is -0.271. The molecule has 1 fully saturated rings. The molecule has 1 aromatic heterocycles. The topological polar surface area (TPSA) is 54.0 Å². The molecule has 102 valence electrons. The first-order valence-corrected chi connectivity index (χ1v) is 6.50. The Hall–Kier alpha value is -2.43. The van der Waals surface area contributed by atoms with E-state index >= 15 is 0 Å². The first kappa shape index (κ1) is 12.6. The fraction of sp³-hybridized carbons (Fsp3) is 0.200. The van der Waals surface area contributed by atoms with Gasteiger partial charge in [-0.3, -0.25) is 4.79 Å². The molecule has 4 nitrogen and oxygen atoms in total. The van der Waals surface area contributed by atoms with Gasteiger partial charge in [0.15, 0.2) is 0 Å². The van der Waals surface area contributed by atoms with E-state index in [0.29, 0.717) is 5.82 Å². The lowest BCUT2D eigenvalue weighted by atomic mass is 10.3. The fourth-order valence-electron chi connectivity index (χ4n) is 1.82. The minimum absolute atomic E-state index is 0.0387. The van der Waals surface area contributed by atoms with Crippen molar-refractivity contribution in [2.45, 2.75) is 12.8 Å². The highest BCUT2D eigenvalue weighted by Gasteiger charge is 2.29. The molecule has 1 amide bonds. The Morgan fingerprint density at radius 2 is 1.80 bits per heavy atom. The van der Waals surface area contributed by atoms with Crippen LogP contribution in [0.5, 0.6) is 0 Å². The molecule has 1 saturated carbocycles. The lowest BCUT2D eigenvalue weighted by Gasteiger charge is -2.07. The number of aromatic nitrogens is 1. The standard InChI is InChI=1S/C15H14FN3O/c16-11-3-5-12(6-4-11)18-13-7-8-14(17-9-13)19-15(20)10-1-2-10/h3-10,18H,1-2H2,(H,17,19,20). The van der Waals surface area contributed by atoms with Crippen LogP contribution in [-0.4, -0.2) is 10.9 Å². The summed E-state index contributed by atoms with van der Waals surface area (Å²) in [7, 11) is 0. The molecule has 1 aromatic carbocycles. The van der Waals surface area contributed by atoms with E-state index in [4.69, 9.17) is 0 Å². The van der Waals surface area contributed by atoms with Crippen molar-refractivity contribution in [3.63, 3.8) is 0 Å². The molecule has 0 bridgehead atoms. The average molecular weight is 271 g/mol. The van der Waals surface area contributed by atoms with Gasteiger partial charge in [-0.15, -0.1) is 0 Å². The van der Waals surface area contributed by atoms with Gasteiger partial charge in [0.1, 0.15) is 11.6 Å². The molecule has 2 N–H and O–H groups in total. The number of carbonyl (C=O) groups is 1. The number of amides is 1. The number of benzene rings is 1. The molecular formula is C15H14FN3O. The number of hydrogen-bond acceptors (Lipinski definition) is 3. The Morgan fingerprint density at radius 1 is 1.10 bits per heavy atom. The third-order valence-corrected chi connectivity index (χ3v) is 3.10. The third kappa shape index (κ3) is 3.12. The van der Waals surface area contributed by atoms with Crippen LogP contribution in [-0.2, 0) is 4.79 Å². The summed E-state index contributed by atoms with van der Waals surface area (Å²) < 4.78 is 12.8.